The Balaban J connectivity index is 2.28. The molecule has 5 heteroatoms. The van der Waals surface area contributed by atoms with Gasteiger partial charge < -0.3 is 4.74 Å². The Hall–Kier alpha value is -2.09. The van der Waals surface area contributed by atoms with Crippen LogP contribution in [0.5, 0.6) is 0 Å². The van der Waals surface area contributed by atoms with Crippen LogP contribution >= 0.6 is 11.6 Å². The van der Waals surface area contributed by atoms with Crippen LogP contribution in [-0.2, 0) is 4.74 Å². The zero-order chi connectivity index (χ0) is 17.4. The van der Waals surface area contributed by atoms with Gasteiger partial charge in [-0.25, -0.2) is 0 Å². The highest BCUT2D eigenvalue weighted by Crippen LogP contribution is 2.19. The highest BCUT2D eigenvalue weighted by Gasteiger charge is 2.13. The molecule has 24 heavy (non-hydrogen) atoms. The van der Waals surface area contributed by atoms with Crippen LogP contribution in [-0.4, -0.2) is 16.4 Å². The summed E-state index contributed by atoms with van der Waals surface area (Å²) in [5.74, 6) is 5.72. The fraction of sp³-hybridized carbons (Fsp3) is 0.368. The van der Waals surface area contributed by atoms with Crippen molar-refractivity contribution in [3.63, 3.8) is 0 Å². The summed E-state index contributed by atoms with van der Waals surface area (Å²) in [6.07, 6.45) is 2.45. The Labute approximate surface area is 147 Å². The van der Waals surface area contributed by atoms with Crippen molar-refractivity contribution in [2.24, 2.45) is 0 Å². The highest BCUT2D eigenvalue weighted by atomic mass is 35.5. The first-order chi connectivity index (χ1) is 11.7. The van der Waals surface area contributed by atoms with Crippen molar-refractivity contribution in [2.75, 3.05) is 6.61 Å². The van der Waals surface area contributed by atoms with Crippen molar-refractivity contribution in [3.8, 4) is 23.1 Å². The van der Waals surface area contributed by atoms with Crippen LogP contribution in [0.1, 0.15) is 39.3 Å². The van der Waals surface area contributed by atoms with Gasteiger partial charge >= 0.3 is 0 Å². The van der Waals surface area contributed by atoms with Gasteiger partial charge in [0.2, 0.25) is 6.23 Å². The molecule has 0 bridgehead atoms. The highest BCUT2D eigenvalue weighted by molar-refractivity contribution is 6.30. The summed E-state index contributed by atoms with van der Waals surface area (Å²) in [6.45, 7) is 4.40. The van der Waals surface area contributed by atoms with E-state index in [1.807, 2.05) is 12.1 Å². The van der Waals surface area contributed by atoms with Gasteiger partial charge in [0.15, 0.2) is 0 Å². The molecule has 0 saturated heterocycles. The summed E-state index contributed by atoms with van der Waals surface area (Å²) in [6, 6.07) is 10.5. The van der Waals surface area contributed by atoms with E-state index in [4.69, 9.17) is 16.3 Å². The third-order valence-electron chi connectivity index (χ3n) is 3.48. The first-order valence-electron chi connectivity index (χ1n) is 8.05. The predicted molar refractivity (Wildman–Crippen MR) is 96.9 cm³/mol. The fourth-order valence-electron chi connectivity index (χ4n) is 2.21. The molecule has 126 valence electrons. The molecular weight excluding hydrogens is 324 g/mol. The van der Waals surface area contributed by atoms with Crippen molar-refractivity contribution >= 4 is 11.6 Å². The molecule has 0 fully saturated rings. The van der Waals surface area contributed by atoms with Crippen LogP contribution < -0.4 is 5.56 Å². The largest absolute Gasteiger partial charge is 0.346 e. The number of halogens is 1. The molecule has 1 heterocycles. The molecule has 1 atom stereocenters. The second kappa shape index (κ2) is 9.27. The zero-order valence-corrected chi connectivity index (χ0v) is 14.7. The summed E-state index contributed by atoms with van der Waals surface area (Å²) in [5.41, 5.74) is 1.31. The van der Waals surface area contributed by atoms with Crippen LogP contribution in [0.2, 0.25) is 5.02 Å². The zero-order valence-electron chi connectivity index (χ0n) is 14.0. The second-order valence-corrected chi connectivity index (χ2v) is 5.77. The van der Waals surface area contributed by atoms with Crippen molar-refractivity contribution in [1.82, 2.24) is 9.78 Å². The topological polar surface area (TPSA) is 44.1 Å². The van der Waals surface area contributed by atoms with Crippen molar-refractivity contribution in [1.29, 1.82) is 0 Å². The smallest absolute Gasteiger partial charge is 0.270 e. The Kier molecular flexibility index (Phi) is 7.05. The molecule has 2 aromatic rings. The van der Waals surface area contributed by atoms with Gasteiger partial charge in [0.25, 0.3) is 5.56 Å². The number of nitrogens with zero attached hydrogens (tertiary/aromatic N) is 2. The van der Waals surface area contributed by atoms with Crippen molar-refractivity contribution in [2.45, 2.75) is 39.3 Å². The van der Waals surface area contributed by atoms with E-state index in [2.05, 4.69) is 23.9 Å². The molecular formula is C19H21ClN2O2. The lowest BCUT2D eigenvalue weighted by molar-refractivity contribution is 0.0307. The summed E-state index contributed by atoms with van der Waals surface area (Å²) in [5, 5.41) is 5.08. The van der Waals surface area contributed by atoms with Gasteiger partial charge in [0.1, 0.15) is 0 Å². The molecule has 1 aromatic carbocycles. The molecule has 0 spiro atoms. The van der Waals surface area contributed by atoms with Gasteiger partial charge in [-0.15, -0.1) is 5.92 Å². The summed E-state index contributed by atoms with van der Waals surface area (Å²) < 4.78 is 7.07. The molecule has 0 amide bonds. The van der Waals surface area contributed by atoms with Gasteiger partial charge in [-0.3, -0.25) is 4.79 Å². The lowest BCUT2D eigenvalue weighted by Gasteiger charge is -2.15. The monoisotopic (exact) mass is 344 g/mol. The average molecular weight is 345 g/mol. The lowest BCUT2D eigenvalue weighted by Crippen LogP contribution is -2.28. The predicted octanol–water partition coefficient (Wildman–Crippen LogP) is 4.29. The van der Waals surface area contributed by atoms with Crippen molar-refractivity contribution in [3.05, 3.63) is 51.8 Å². The normalized spacial score (nSPS) is 11.6. The number of benzene rings is 1. The minimum Gasteiger partial charge on any atom is -0.346 e. The van der Waals surface area contributed by atoms with Gasteiger partial charge in [0, 0.05) is 16.7 Å². The number of hydrogen-bond donors (Lipinski definition) is 0. The van der Waals surface area contributed by atoms with Crippen LogP contribution in [0, 0.1) is 11.8 Å². The van der Waals surface area contributed by atoms with Gasteiger partial charge in [-0.2, -0.15) is 9.78 Å². The molecule has 1 unspecified atom stereocenters. The number of unbranched alkanes of at least 4 members (excludes halogenated alkanes) is 2. The summed E-state index contributed by atoms with van der Waals surface area (Å²) >= 11 is 5.92. The van der Waals surface area contributed by atoms with E-state index in [-0.39, 0.29) is 5.56 Å². The standard InChI is InChI=1S/C19H21ClN2O2/c1-3-5-6-14-24-19(7-4-2)22-18(23)13-12-17(21-22)15-8-10-16(20)11-9-15/h8-13,19H,3,5-6,14H2,1-2H3. The van der Waals surface area contributed by atoms with Crippen molar-refractivity contribution < 1.29 is 4.74 Å². The van der Waals surface area contributed by atoms with Gasteiger partial charge in [-0.05, 0) is 37.5 Å². The van der Waals surface area contributed by atoms with Gasteiger partial charge in [0.05, 0.1) is 12.3 Å². The number of hydrogen-bond acceptors (Lipinski definition) is 3. The molecule has 0 radical (unpaired) electrons. The minimum absolute atomic E-state index is 0.240. The first-order valence-corrected chi connectivity index (χ1v) is 8.43. The minimum atomic E-state index is -0.674. The van der Waals surface area contributed by atoms with E-state index in [0.29, 0.717) is 17.3 Å². The van der Waals surface area contributed by atoms with E-state index >= 15 is 0 Å². The van der Waals surface area contributed by atoms with Gasteiger partial charge in [-0.1, -0.05) is 43.5 Å². The second-order valence-electron chi connectivity index (χ2n) is 5.33. The molecule has 0 aliphatic carbocycles. The Bertz CT molecular complexity index is 772. The van der Waals surface area contributed by atoms with E-state index in [9.17, 15) is 4.79 Å². The number of rotatable bonds is 7. The average Bonchev–Trinajstić information content (AvgIpc) is 2.59. The third-order valence-corrected chi connectivity index (χ3v) is 3.73. The van der Waals surface area contributed by atoms with E-state index in [1.165, 1.54) is 10.7 Å². The maximum Gasteiger partial charge on any atom is 0.270 e. The van der Waals surface area contributed by atoms with Crippen LogP contribution in [0.25, 0.3) is 11.3 Å². The van der Waals surface area contributed by atoms with E-state index in [0.717, 1.165) is 24.8 Å². The summed E-state index contributed by atoms with van der Waals surface area (Å²) in [7, 11) is 0. The summed E-state index contributed by atoms with van der Waals surface area (Å²) in [4.78, 5) is 12.2. The molecule has 0 N–H and O–H groups in total. The number of ether oxygens (including phenoxy) is 1. The van der Waals surface area contributed by atoms with E-state index < -0.39 is 6.23 Å². The molecule has 0 saturated carbocycles. The Morgan fingerprint density at radius 3 is 2.62 bits per heavy atom. The molecule has 0 aliphatic rings. The Morgan fingerprint density at radius 2 is 1.96 bits per heavy atom. The van der Waals surface area contributed by atoms with Crippen LogP contribution in [0.15, 0.2) is 41.2 Å². The lowest BCUT2D eigenvalue weighted by atomic mass is 10.1. The van der Waals surface area contributed by atoms with Crippen LogP contribution in [0.4, 0.5) is 0 Å². The third kappa shape index (κ3) is 4.95. The SMILES string of the molecule is CC#CC(OCCCCC)n1nc(-c2ccc(Cl)cc2)ccc1=O. The van der Waals surface area contributed by atoms with Crippen LogP contribution in [0.3, 0.4) is 0 Å². The maximum atomic E-state index is 12.2. The molecule has 0 aliphatic heterocycles. The first kappa shape index (κ1) is 18.3. The Morgan fingerprint density at radius 1 is 1.21 bits per heavy atom. The number of aromatic nitrogens is 2. The van der Waals surface area contributed by atoms with E-state index in [1.54, 1.807) is 25.1 Å². The molecule has 4 nitrogen and oxygen atoms in total. The maximum absolute atomic E-state index is 12.2. The quantitative estimate of drug-likeness (QED) is 0.556. The molecule has 1 aromatic heterocycles. The fourth-order valence-corrected chi connectivity index (χ4v) is 2.34. The molecule has 2 rings (SSSR count).